The van der Waals surface area contributed by atoms with Crippen LogP contribution in [-0.2, 0) is 0 Å². The Kier molecular flexibility index (Phi) is 4.79. The molecule has 0 unspecified atom stereocenters. The van der Waals surface area contributed by atoms with Crippen molar-refractivity contribution >= 4 is 28.5 Å². The fourth-order valence-electron chi connectivity index (χ4n) is 1.24. The third kappa shape index (κ3) is 4.53. The first-order chi connectivity index (χ1) is 7.81. The topological polar surface area (TPSA) is 20.3 Å². The van der Waals surface area contributed by atoms with E-state index in [4.69, 9.17) is 0 Å². The molecule has 0 aliphatic carbocycles. The van der Waals surface area contributed by atoms with Crippen molar-refractivity contribution in [3.05, 3.63) is 33.4 Å². The van der Waals surface area contributed by atoms with Crippen LogP contribution in [0.15, 0.2) is 24.3 Å². The highest BCUT2D eigenvalue weighted by molar-refractivity contribution is 14.1. The van der Waals surface area contributed by atoms with Crippen molar-refractivity contribution in [2.24, 2.45) is 0 Å². The standard InChI is InChI=1S/C11H11F3INO/c1-16(7-6-11(12,13)14)10(17)8-4-2-3-5-9(8)15/h2-5H,6-7H2,1H3. The monoisotopic (exact) mass is 357 g/mol. The second kappa shape index (κ2) is 5.70. The Morgan fingerprint density at radius 2 is 1.94 bits per heavy atom. The molecule has 0 N–H and O–H groups in total. The fraction of sp³-hybridized carbons (Fsp3) is 0.364. The zero-order chi connectivity index (χ0) is 13.1. The van der Waals surface area contributed by atoms with E-state index in [1.807, 2.05) is 22.6 Å². The van der Waals surface area contributed by atoms with E-state index in [0.29, 0.717) is 5.56 Å². The summed E-state index contributed by atoms with van der Waals surface area (Å²) in [7, 11) is 1.37. The molecule has 0 fully saturated rings. The Bertz CT molecular complexity index is 406. The number of hydrogen-bond acceptors (Lipinski definition) is 1. The number of halogens is 4. The van der Waals surface area contributed by atoms with Crippen LogP contribution < -0.4 is 0 Å². The number of benzene rings is 1. The highest BCUT2D eigenvalue weighted by Gasteiger charge is 2.28. The van der Waals surface area contributed by atoms with Crippen molar-refractivity contribution < 1.29 is 18.0 Å². The Balaban J connectivity index is 2.68. The molecule has 94 valence electrons. The van der Waals surface area contributed by atoms with E-state index in [9.17, 15) is 18.0 Å². The lowest BCUT2D eigenvalue weighted by molar-refractivity contribution is -0.136. The molecule has 0 radical (unpaired) electrons. The van der Waals surface area contributed by atoms with Gasteiger partial charge in [-0.3, -0.25) is 4.79 Å². The summed E-state index contributed by atoms with van der Waals surface area (Å²) in [6.07, 6.45) is -5.23. The Morgan fingerprint density at radius 3 is 2.47 bits per heavy atom. The molecule has 0 heterocycles. The van der Waals surface area contributed by atoms with E-state index in [-0.39, 0.29) is 12.5 Å². The SMILES string of the molecule is CN(CCC(F)(F)F)C(=O)c1ccccc1I. The van der Waals surface area contributed by atoms with Gasteiger partial charge in [0, 0.05) is 17.2 Å². The number of carbonyl (C=O) groups is 1. The van der Waals surface area contributed by atoms with Crippen molar-refractivity contribution in [1.29, 1.82) is 0 Å². The lowest BCUT2D eigenvalue weighted by Gasteiger charge is -2.18. The lowest BCUT2D eigenvalue weighted by Crippen LogP contribution is -2.31. The maximum Gasteiger partial charge on any atom is 0.390 e. The number of amides is 1. The van der Waals surface area contributed by atoms with Crippen LogP contribution in [0.1, 0.15) is 16.8 Å². The van der Waals surface area contributed by atoms with Crippen LogP contribution in [0.4, 0.5) is 13.2 Å². The third-order valence-corrected chi connectivity index (χ3v) is 3.12. The van der Waals surface area contributed by atoms with Crippen molar-refractivity contribution in [2.75, 3.05) is 13.6 Å². The van der Waals surface area contributed by atoms with E-state index in [0.717, 1.165) is 8.47 Å². The van der Waals surface area contributed by atoms with E-state index in [1.165, 1.54) is 7.05 Å². The minimum atomic E-state index is -4.24. The van der Waals surface area contributed by atoms with Gasteiger partial charge in [0.25, 0.3) is 5.91 Å². The van der Waals surface area contributed by atoms with E-state index >= 15 is 0 Å². The number of hydrogen-bond donors (Lipinski definition) is 0. The first-order valence-electron chi connectivity index (χ1n) is 4.88. The van der Waals surface area contributed by atoms with Gasteiger partial charge >= 0.3 is 6.18 Å². The Morgan fingerprint density at radius 1 is 1.35 bits per heavy atom. The molecule has 0 atom stereocenters. The lowest BCUT2D eigenvalue weighted by atomic mass is 10.2. The van der Waals surface area contributed by atoms with Gasteiger partial charge in [-0.25, -0.2) is 0 Å². The number of nitrogens with zero attached hydrogens (tertiary/aromatic N) is 1. The summed E-state index contributed by atoms with van der Waals surface area (Å²) in [5.41, 5.74) is 0.428. The summed E-state index contributed by atoms with van der Waals surface area (Å²) in [5.74, 6) is -0.390. The van der Waals surface area contributed by atoms with Crippen molar-refractivity contribution in [3.8, 4) is 0 Å². The Labute approximate surface area is 111 Å². The minimum absolute atomic E-state index is 0.326. The summed E-state index contributed by atoms with van der Waals surface area (Å²) in [6.45, 7) is -0.326. The molecule has 1 rings (SSSR count). The van der Waals surface area contributed by atoms with Crippen LogP contribution in [0.5, 0.6) is 0 Å². The quantitative estimate of drug-likeness (QED) is 0.761. The van der Waals surface area contributed by atoms with Gasteiger partial charge in [-0.1, -0.05) is 12.1 Å². The highest BCUT2D eigenvalue weighted by atomic mass is 127. The summed E-state index contributed by atoms with van der Waals surface area (Å²) >= 11 is 1.98. The normalized spacial score (nSPS) is 11.4. The molecule has 0 saturated carbocycles. The van der Waals surface area contributed by atoms with Crippen LogP contribution in [0.3, 0.4) is 0 Å². The highest BCUT2D eigenvalue weighted by Crippen LogP contribution is 2.20. The van der Waals surface area contributed by atoms with Crippen LogP contribution in [0, 0.1) is 3.57 Å². The predicted molar refractivity (Wildman–Crippen MR) is 66.8 cm³/mol. The molecule has 1 amide bonds. The maximum atomic E-state index is 12.0. The largest absolute Gasteiger partial charge is 0.390 e. The fourth-order valence-corrected chi connectivity index (χ4v) is 1.85. The van der Waals surface area contributed by atoms with Gasteiger partial charge in [0.05, 0.1) is 12.0 Å². The molecule has 0 aromatic heterocycles. The third-order valence-electron chi connectivity index (χ3n) is 2.18. The molecule has 1 aromatic carbocycles. The number of alkyl halides is 3. The zero-order valence-electron chi connectivity index (χ0n) is 9.09. The van der Waals surface area contributed by atoms with Gasteiger partial charge in [0.2, 0.25) is 0 Å². The Hall–Kier alpha value is -0.790. The van der Waals surface area contributed by atoms with Gasteiger partial charge in [0.15, 0.2) is 0 Å². The van der Waals surface area contributed by atoms with Crippen molar-refractivity contribution in [1.82, 2.24) is 4.90 Å². The second-order valence-electron chi connectivity index (χ2n) is 3.57. The summed E-state index contributed by atoms with van der Waals surface area (Å²) < 4.78 is 36.8. The minimum Gasteiger partial charge on any atom is -0.341 e. The summed E-state index contributed by atoms with van der Waals surface area (Å²) in [6, 6.07) is 6.81. The smallest absolute Gasteiger partial charge is 0.341 e. The molecule has 1 aromatic rings. The van der Waals surface area contributed by atoms with Gasteiger partial charge in [-0.15, -0.1) is 0 Å². The average molecular weight is 357 g/mol. The first kappa shape index (κ1) is 14.3. The molecule has 6 heteroatoms. The van der Waals surface area contributed by atoms with Gasteiger partial charge < -0.3 is 4.90 Å². The molecule has 0 bridgehead atoms. The van der Waals surface area contributed by atoms with Crippen LogP contribution in [-0.4, -0.2) is 30.6 Å². The maximum absolute atomic E-state index is 12.0. The molecular weight excluding hydrogens is 346 g/mol. The average Bonchev–Trinajstić information content (AvgIpc) is 2.24. The first-order valence-corrected chi connectivity index (χ1v) is 5.96. The van der Waals surface area contributed by atoms with Gasteiger partial charge in [-0.2, -0.15) is 13.2 Å². The second-order valence-corrected chi connectivity index (χ2v) is 4.73. The molecule has 2 nitrogen and oxygen atoms in total. The van der Waals surface area contributed by atoms with Gasteiger partial charge in [-0.05, 0) is 34.7 Å². The molecule has 17 heavy (non-hydrogen) atoms. The van der Waals surface area contributed by atoms with E-state index in [1.54, 1.807) is 24.3 Å². The van der Waals surface area contributed by atoms with E-state index in [2.05, 4.69) is 0 Å². The van der Waals surface area contributed by atoms with Gasteiger partial charge in [0.1, 0.15) is 0 Å². The number of rotatable bonds is 3. The van der Waals surface area contributed by atoms with Crippen molar-refractivity contribution in [2.45, 2.75) is 12.6 Å². The molecule has 0 spiro atoms. The van der Waals surface area contributed by atoms with E-state index < -0.39 is 12.6 Å². The van der Waals surface area contributed by atoms with Crippen LogP contribution >= 0.6 is 22.6 Å². The zero-order valence-corrected chi connectivity index (χ0v) is 11.2. The van der Waals surface area contributed by atoms with Crippen molar-refractivity contribution in [3.63, 3.8) is 0 Å². The van der Waals surface area contributed by atoms with Crippen LogP contribution in [0.25, 0.3) is 0 Å². The molecule has 0 aliphatic rings. The summed E-state index contributed by atoms with van der Waals surface area (Å²) in [5, 5.41) is 0. The summed E-state index contributed by atoms with van der Waals surface area (Å²) in [4.78, 5) is 12.9. The molecule has 0 saturated heterocycles. The van der Waals surface area contributed by atoms with Crippen LogP contribution in [0.2, 0.25) is 0 Å². The molecular formula is C11H11F3INO. The number of carbonyl (C=O) groups excluding carboxylic acids is 1. The molecule has 0 aliphatic heterocycles. The predicted octanol–water partition coefficient (Wildman–Crippen LogP) is 3.32.